The summed E-state index contributed by atoms with van der Waals surface area (Å²) in [7, 11) is 1.97. The van der Waals surface area contributed by atoms with Crippen molar-refractivity contribution < 1.29 is 9.53 Å². The van der Waals surface area contributed by atoms with Gasteiger partial charge in [0, 0.05) is 32.1 Å². The molecular weight excluding hydrogens is 264 g/mol. The number of halogens is 1. The summed E-state index contributed by atoms with van der Waals surface area (Å²) in [6.45, 7) is 2.30. The third-order valence-electron chi connectivity index (χ3n) is 4.19. The van der Waals surface area contributed by atoms with Gasteiger partial charge >= 0.3 is 0 Å². The number of morpholine rings is 1. The van der Waals surface area contributed by atoms with Gasteiger partial charge in [-0.25, -0.2) is 0 Å². The molecule has 1 N–H and O–H groups in total. The Balaban J connectivity index is 0.00000180. The highest BCUT2D eigenvalue weighted by Gasteiger charge is 2.24. The molecule has 2 aliphatic rings. The van der Waals surface area contributed by atoms with E-state index in [0.717, 1.165) is 13.2 Å². The molecule has 0 bridgehead atoms. The minimum atomic E-state index is 0. The molecule has 2 rings (SSSR count). The molecule has 19 heavy (non-hydrogen) atoms. The maximum Gasteiger partial charge on any atom is 0.224 e. The largest absolute Gasteiger partial charge is 0.378 e. The van der Waals surface area contributed by atoms with Gasteiger partial charge in [-0.05, 0) is 12.8 Å². The lowest BCUT2D eigenvalue weighted by atomic mass is 10.1. The highest BCUT2D eigenvalue weighted by Crippen LogP contribution is 2.21. The van der Waals surface area contributed by atoms with Crippen molar-refractivity contribution in [3.63, 3.8) is 0 Å². The van der Waals surface area contributed by atoms with Gasteiger partial charge in [-0.3, -0.25) is 4.79 Å². The quantitative estimate of drug-likeness (QED) is 0.808. The molecule has 0 aromatic heterocycles. The van der Waals surface area contributed by atoms with Crippen LogP contribution in [0, 0.1) is 0 Å². The maximum absolute atomic E-state index is 12.3. The Bertz CT molecular complexity index is 262. The van der Waals surface area contributed by atoms with Gasteiger partial charge in [-0.1, -0.05) is 25.7 Å². The smallest absolute Gasteiger partial charge is 0.224 e. The number of amides is 1. The van der Waals surface area contributed by atoms with Crippen molar-refractivity contribution in [3.05, 3.63) is 0 Å². The lowest BCUT2D eigenvalue weighted by Crippen LogP contribution is -2.46. The summed E-state index contributed by atoms with van der Waals surface area (Å²) >= 11 is 0. The van der Waals surface area contributed by atoms with Crippen molar-refractivity contribution in [1.82, 2.24) is 10.2 Å². The second-order valence-corrected chi connectivity index (χ2v) is 5.58. The Kier molecular flexibility index (Phi) is 7.73. The second-order valence-electron chi connectivity index (χ2n) is 5.58. The highest BCUT2D eigenvalue weighted by atomic mass is 35.5. The molecule has 112 valence electrons. The number of nitrogens with one attached hydrogen (secondary N) is 1. The van der Waals surface area contributed by atoms with Gasteiger partial charge < -0.3 is 15.0 Å². The van der Waals surface area contributed by atoms with Gasteiger partial charge in [-0.15, -0.1) is 12.4 Å². The van der Waals surface area contributed by atoms with Gasteiger partial charge in [-0.2, -0.15) is 0 Å². The summed E-state index contributed by atoms with van der Waals surface area (Å²) in [5, 5.41) is 3.35. The van der Waals surface area contributed by atoms with Crippen LogP contribution in [0.1, 0.15) is 44.9 Å². The fraction of sp³-hybridized carbons (Fsp3) is 0.929. The maximum atomic E-state index is 12.3. The van der Waals surface area contributed by atoms with Gasteiger partial charge in [0.2, 0.25) is 5.91 Å². The van der Waals surface area contributed by atoms with Crippen LogP contribution in [-0.2, 0) is 9.53 Å². The van der Waals surface area contributed by atoms with E-state index in [1.54, 1.807) is 0 Å². The van der Waals surface area contributed by atoms with E-state index in [1.807, 2.05) is 11.9 Å². The lowest BCUT2D eigenvalue weighted by molar-refractivity contribution is -0.133. The number of nitrogens with zero attached hydrogens (tertiary/aromatic N) is 1. The normalized spacial score (nSPS) is 25.2. The first kappa shape index (κ1) is 16.7. The van der Waals surface area contributed by atoms with E-state index in [9.17, 15) is 4.79 Å². The molecule has 1 aliphatic heterocycles. The second kappa shape index (κ2) is 8.77. The van der Waals surface area contributed by atoms with Gasteiger partial charge in [0.1, 0.15) is 0 Å². The Hall–Kier alpha value is -0.320. The first-order valence-corrected chi connectivity index (χ1v) is 7.34. The van der Waals surface area contributed by atoms with E-state index in [-0.39, 0.29) is 24.4 Å². The number of rotatable bonds is 3. The summed E-state index contributed by atoms with van der Waals surface area (Å²) in [6.07, 6.45) is 8.13. The molecule has 4 nitrogen and oxygen atoms in total. The minimum absolute atomic E-state index is 0. The summed E-state index contributed by atoms with van der Waals surface area (Å²) < 4.78 is 5.39. The van der Waals surface area contributed by atoms with Crippen molar-refractivity contribution in [2.45, 2.75) is 57.0 Å². The highest BCUT2D eigenvalue weighted by molar-refractivity contribution is 5.85. The monoisotopic (exact) mass is 290 g/mol. The third kappa shape index (κ3) is 5.28. The van der Waals surface area contributed by atoms with Crippen molar-refractivity contribution in [2.24, 2.45) is 0 Å². The summed E-state index contributed by atoms with van der Waals surface area (Å²) in [4.78, 5) is 14.2. The molecule has 0 aromatic rings. The first-order valence-electron chi connectivity index (χ1n) is 7.34. The zero-order chi connectivity index (χ0) is 12.8. The van der Waals surface area contributed by atoms with Crippen molar-refractivity contribution >= 4 is 18.3 Å². The van der Waals surface area contributed by atoms with E-state index >= 15 is 0 Å². The Labute approximate surface area is 122 Å². The predicted octanol–water partition coefficient (Wildman–Crippen LogP) is 1.97. The summed E-state index contributed by atoms with van der Waals surface area (Å²) in [5.41, 5.74) is 0. The van der Waals surface area contributed by atoms with Crippen molar-refractivity contribution in [2.75, 3.05) is 26.8 Å². The molecule has 2 fully saturated rings. The fourth-order valence-electron chi connectivity index (χ4n) is 2.95. The van der Waals surface area contributed by atoms with Crippen LogP contribution in [0.25, 0.3) is 0 Å². The molecule has 1 unspecified atom stereocenters. The average molecular weight is 291 g/mol. The van der Waals surface area contributed by atoms with Crippen molar-refractivity contribution in [1.29, 1.82) is 0 Å². The van der Waals surface area contributed by atoms with E-state index in [0.29, 0.717) is 19.1 Å². The number of carbonyl (C=O) groups excluding carboxylic acids is 1. The minimum Gasteiger partial charge on any atom is -0.378 e. The van der Waals surface area contributed by atoms with Gasteiger partial charge in [0.15, 0.2) is 0 Å². The van der Waals surface area contributed by atoms with Crippen LogP contribution in [-0.4, -0.2) is 49.7 Å². The van der Waals surface area contributed by atoms with E-state index in [2.05, 4.69) is 5.32 Å². The fourth-order valence-corrected chi connectivity index (χ4v) is 2.95. The molecular formula is C14H27ClN2O2. The summed E-state index contributed by atoms with van der Waals surface area (Å²) in [5.74, 6) is 0.268. The van der Waals surface area contributed by atoms with E-state index in [1.165, 1.54) is 38.5 Å². The van der Waals surface area contributed by atoms with Crippen LogP contribution in [0.5, 0.6) is 0 Å². The molecule has 1 atom stereocenters. The van der Waals surface area contributed by atoms with Crippen LogP contribution in [0.15, 0.2) is 0 Å². The molecule has 0 spiro atoms. The van der Waals surface area contributed by atoms with E-state index < -0.39 is 0 Å². The molecule has 1 aliphatic carbocycles. The number of ether oxygens (including phenoxy) is 1. The van der Waals surface area contributed by atoms with Crippen LogP contribution >= 0.6 is 12.4 Å². The van der Waals surface area contributed by atoms with Crippen LogP contribution in [0.4, 0.5) is 0 Å². The van der Waals surface area contributed by atoms with Crippen LogP contribution in [0.2, 0.25) is 0 Å². The lowest BCUT2D eigenvalue weighted by Gasteiger charge is -2.30. The van der Waals surface area contributed by atoms with Gasteiger partial charge in [0.05, 0.1) is 13.2 Å². The molecule has 1 heterocycles. The molecule has 0 radical (unpaired) electrons. The Morgan fingerprint density at radius 1 is 1.26 bits per heavy atom. The first-order chi connectivity index (χ1) is 8.77. The average Bonchev–Trinajstić information content (AvgIpc) is 2.68. The predicted molar refractivity (Wildman–Crippen MR) is 78.7 cm³/mol. The molecule has 5 heteroatoms. The van der Waals surface area contributed by atoms with E-state index in [4.69, 9.17) is 4.74 Å². The Morgan fingerprint density at radius 3 is 2.53 bits per heavy atom. The Morgan fingerprint density at radius 2 is 1.95 bits per heavy atom. The molecule has 0 aromatic carbocycles. The van der Waals surface area contributed by atoms with Gasteiger partial charge in [0.25, 0.3) is 0 Å². The van der Waals surface area contributed by atoms with Crippen LogP contribution in [0.3, 0.4) is 0 Å². The van der Waals surface area contributed by atoms with Crippen LogP contribution < -0.4 is 5.32 Å². The van der Waals surface area contributed by atoms with Crippen molar-refractivity contribution in [3.8, 4) is 0 Å². The number of carbonyl (C=O) groups is 1. The zero-order valence-corrected chi connectivity index (χ0v) is 12.7. The molecule has 1 amide bonds. The topological polar surface area (TPSA) is 41.6 Å². The molecule has 1 saturated carbocycles. The standard InChI is InChI=1S/C14H26N2O2.ClH/c1-16(13-6-4-2-3-5-7-13)14(17)10-12-11-18-9-8-15-12;/h12-13,15H,2-11H2,1H3;1H. The SMILES string of the molecule is CN(C(=O)CC1COCCN1)C1CCCCCC1.Cl. The number of hydrogen-bond acceptors (Lipinski definition) is 3. The third-order valence-corrected chi connectivity index (χ3v) is 4.19. The molecule has 1 saturated heterocycles. The number of hydrogen-bond donors (Lipinski definition) is 1. The zero-order valence-electron chi connectivity index (χ0n) is 11.9. The summed E-state index contributed by atoms with van der Waals surface area (Å²) in [6, 6.07) is 0.670.